The fourth-order valence-corrected chi connectivity index (χ4v) is 3.11. The zero-order valence-corrected chi connectivity index (χ0v) is 13.0. The van der Waals surface area contributed by atoms with Crippen molar-refractivity contribution in [2.45, 2.75) is 12.8 Å². The van der Waals surface area contributed by atoms with E-state index in [0.717, 1.165) is 18.2 Å². The van der Waals surface area contributed by atoms with Crippen molar-refractivity contribution in [3.05, 3.63) is 34.1 Å². The van der Waals surface area contributed by atoms with Gasteiger partial charge in [-0.15, -0.1) is 0 Å². The Balaban J connectivity index is 2.18. The highest BCUT2D eigenvalue weighted by molar-refractivity contribution is 9.10. The zero-order valence-electron chi connectivity index (χ0n) is 9.83. The van der Waals surface area contributed by atoms with Crippen molar-refractivity contribution in [2.75, 3.05) is 18.4 Å². The number of halogens is 3. The molecule has 1 unspecified atom stereocenters. The van der Waals surface area contributed by atoms with E-state index in [0.29, 0.717) is 23.5 Å². The average molecular weight is 379 g/mol. The molecule has 5 heteroatoms. The summed E-state index contributed by atoms with van der Waals surface area (Å²) in [5.74, 6) is -0.208. The van der Waals surface area contributed by atoms with Crippen molar-refractivity contribution in [1.29, 1.82) is 0 Å². The van der Waals surface area contributed by atoms with Crippen molar-refractivity contribution >= 4 is 37.8 Å². The Morgan fingerprint density at radius 3 is 3.00 bits per heavy atom. The van der Waals surface area contributed by atoms with Crippen LogP contribution in [0.5, 0.6) is 0 Å². The molecule has 18 heavy (non-hydrogen) atoms. The van der Waals surface area contributed by atoms with Gasteiger partial charge < -0.3 is 4.90 Å². The number of carbonyl (C=O) groups excluding carboxylic acids is 1. The molecule has 0 N–H and O–H groups in total. The molecule has 2 nitrogen and oxygen atoms in total. The second kappa shape index (κ2) is 6.15. The smallest absolute Gasteiger partial charge is 0.256 e. The Kier molecular flexibility index (Phi) is 4.78. The number of likely N-dealkylation sites (tertiary alicyclic amines) is 1. The lowest BCUT2D eigenvalue weighted by Crippen LogP contribution is -2.40. The molecule has 2 rings (SSSR count). The molecule has 1 amide bonds. The molecule has 1 saturated heterocycles. The summed E-state index contributed by atoms with van der Waals surface area (Å²) in [4.78, 5) is 14.0. The van der Waals surface area contributed by atoms with Crippen molar-refractivity contribution in [3.63, 3.8) is 0 Å². The monoisotopic (exact) mass is 377 g/mol. The maximum Gasteiger partial charge on any atom is 0.256 e. The Bertz CT molecular complexity index is 453. The van der Waals surface area contributed by atoms with Crippen LogP contribution < -0.4 is 0 Å². The van der Waals surface area contributed by atoms with Gasteiger partial charge in [0.25, 0.3) is 5.91 Å². The third-order valence-electron chi connectivity index (χ3n) is 3.21. The van der Waals surface area contributed by atoms with Crippen LogP contribution >= 0.6 is 31.9 Å². The summed E-state index contributed by atoms with van der Waals surface area (Å²) < 4.78 is 14.2. The maximum atomic E-state index is 13.9. The Hall–Kier alpha value is -0.420. The Labute approximate surface area is 123 Å². The second-order valence-electron chi connectivity index (χ2n) is 4.52. The first kappa shape index (κ1) is 14.0. The van der Waals surface area contributed by atoms with Gasteiger partial charge in [-0.05, 0) is 46.8 Å². The van der Waals surface area contributed by atoms with Gasteiger partial charge in [-0.1, -0.05) is 22.0 Å². The van der Waals surface area contributed by atoms with E-state index in [9.17, 15) is 9.18 Å². The van der Waals surface area contributed by atoms with Crippen LogP contribution in [-0.4, -0.2) is 29.2 Å². The minimum atomic E-state index is -0.469. The van der Waals surface area contributed by atoms with E-state index in [1.807, 2.05) is 0 Å². The third-order valence-corrected chi connectivity index (χ3v) is 4.73. The lowest BCUT2D eigenvalue weighted by atomic mass is 9.99. The highest BCUT2D eigenvalue weighted by atomic mass is 79.9. The van der Waals surface area contributed by atoms with Crippen LogP contribution in [0, 0.1) is 11.7 Å². The van der Waals surface area contributed by atoms with Crippen LogP contribution in [-0.2, 0) is 0 Å². The molecule has 0 aliphatic carbocycles. The first-order valence-electron chi connectivity index (χ1n) is 5.92. The quantitative estimate of drug-likeness (QED) is 0.716. The summed E-state index contributed by atoms with van der Waals surface area (Å²) in [6, 6.07) is 4.83. The highest BCUT2D eigenvalue weighted by Crippen LogP contribution is 2.23. The molecule has 1 aromatic carbocycles. The number of amides is 1. The van der Waals surface area contributed by atoms with Gasteiger partial charge in [0, 0.05) is 18.4 Å². The second-order valence-corrected chi connectivity index (χ2v) is 6.02. The number of alkyl halides is 1. The third kappa shape index (κ3) is 2.94. The molecule has 1 aliphatic rings. The van der Waals surface area contributed by atoms with Gasteiger partial charge in [-0.3, -0.25) is 4.79 Å². The largest absolute Gasteiger partial charge is 0.338 e. The van der Waals surface area contributed by atoms with Crippen LogP contribution in [0.25, 0.3) is 0 Å². The van der Waals surface area contributed by atoms with Crippen LogP contribution in [0.3, 0.4) is 0 Å². The van der Waals surface area contributed by atoms with Crippen LogP contribution in [0.1, 0.15) is 23.2 Å². The summed E-state index contributed by atoms with van der Waals surface area (Å²) in [5.41, 5.74) is 0.152. The van der Waals surface area contributed by atoms with Crippen LogP contribution in [0.2, 0.25) is 0 Å². The van der Waals surface area contributed by atoms with E-state index in [1.54, 1.807) is 23.1 Å². The van der Waals surface area contributed by atoms with Crippen molar-refractivity contribution in [2.24, 2.45) is 5.92 Å². The molecule has 1 fully saturated rings. The molecular weight excluding hydrogens is 365 g/mol. The van der Waals surface area contributed by atoms with E-state index >= 15 is 0 Å². The first-order chi connectivity index (χ1) is 8.63. The molecule has 0 aromatic heterocycles. The molecule has 98 valence electrons. The minimum absolute atomic E-state index is 0.152. The summed E-state index contributed by atoms with van der Waals surface area (Å²) in [5, 5.41) is 0.887. The predicted octanol–water partition coefficient (Wildman–Crippen LogP) is 3.84. The normalized spacial score (nSPS) is 19.9. The number of piperidine rings is 1. The number of nitrogens with zero attached hydrogens (tertiary/aromatic N) is 1. The van der Waals surface area contributed by atoms with Crippen molar-refractivity contribution in [3.8, 4) is 0 Å². The van der Waals surface area contributed by atoms with Crippen molar-refractivity contribution < 1.29 is 9.18 Å². The molecule has 0 saturated carbocycles. The van der Waals surface area contributed by atoms with E-state index in [1.165, 1.54) is 0 Å². The van der Waals surface area contributed by atoms with E-state index < -0.39 is 5.82 Å². The lowest BCUT2D eigenvalue weighted by Gasteiger charge is -2.32. The SMILES string of the molecule is O=C(c1cccc(Br)c1F)N1CCCC(CBr)C1. The Morgan fingerprint density at radius 2 is 2.28 bits per heavy atom. The van der Waals surface area contributed by atoms with Gasteiger partial charge in [-0.2, -0.15) is 0 Å². The van der Waals surface area contributed by atoms with Crippen molar-refractivity contribution in [1.82, 2.24) is 4.90 Å². The fraction of sp³-hybridized carbons (Fsp3) is 0.462. The summed E-state index contributed by atoms with van der Waals surface area (Å²) in [6.07, 6.45) is 2.10. The zero-order chi connectivity index (χ0) is 13.1. The van der Waals surface area contributed by atoms with Gasteiger partial charge in [0.05, 0.1) is 10.0 Å². The fourth-order valence-electron chi connectivity index (χ4n) is 2.21. The number of carbonyl (C=O) groups is 1. The maximum absolute atomic E-state index is 13.9. The lowest BCUT2D eigenvalue weighted by molar-refractivity contribution is 0.0681. The van der Waals surface area contributed by atoms with E-state index in [2.05, 4.69) is 31.9 Å². The van der Waals surface area contributed by atoms with Gasteiger partial charge >= 0.3 is 0 Å². The summed E-state index contributed by atoms with van der Waals surface area (Å²) in [7, 11) is 0. The minimum Gasteiger partial charge on any atom is -0.338 e. The molecule has 1 heterocycles. The summed E-state index contributed by atoms with van der Waals surface area (Å²) in [6.45, 7) is 1.42. The Morgan fingerprint density at radius 1 is 1.50 bits per heavy atom. The number of hydrogen-bond acceptors (Lipinski definition) is 1. The first-order valence-corrected chi connectivity index (χ1v) is 7.84. The molecule has 0 radical (unpaired) electrons. The summed E-state index contributed by atoms with van der Waals surface area (Å²) >= 11 is 6.56. The topological polar surface area (TPSA) is 20.3 Å². The van der Waals surface area contributed by atoms with Gasteiger partial charge in [0.2, 0.25) is 0 Å². The molecule has 1 atom stereocenters. The van der Waals surface area contributed by atoms with Gasteiger partial charge in [-0.25, -0.2) is 4.39 Å². The van der Waals surface area contributed by atoms with Crippen LogP contribution in [0.4, 0.5) is 4.39 Å². The van der Waals surface area contributed by atoms with Gasteiger partial charge in [0.15, 0.2) is 0 Å². The van der Waals surface area contributed by atoms with E-state index in [-0.39, 0.29) is 11.5 Å². The molecule has 0 spiro atoms. The standard InChI is InChI=1S/C13H14Br2FNO/c14-7-9-3-2-6-17(8-9)13(18)10-4-1-5-11(15)12(10)16/h1,4-5,9H,2-3,6-8H2. The molecule has 1 aliphatic heterocycles. The van der Waals surface area contributed by atoms with E-state index in [4.69, 9.17) is 0 Å². The number of hydrogen-bond donors (Lipinski definition) is 0. The predicted molar refractivity (Wildman–Crippen MR) is 76.5 cm³/mol. The van der Waals surface area contributed by atoms with Crippen LogP contribution in [0.15, 0.2) is 22.7 Å². The molecular formula is C13H14Br2FNO. The number of rotatable bonds is 2. The highest BCUT2D eigenvalue weighted by Gasteiger charge is 2.25. The average Bonchev–Trinajstić information content (AvgIpc) is 2.41. The van der Waals surface area contributed by atoms with Gasteiger partial charge in [0.1, 0.15) is 5.82 Å². The molecule has 0 bridgehead atoms. The molecule has 1 aromatic rings. The number of benzene rings is 1.